The van der Waals surface area contributed by atoms with Gasteiger partial charge in [-0.25, -0.2) is 9.18 Å². The number of hydrogen-bond acceptors (Lipinski definition) is 4. The molecule has 0 bridgehead atoms. The predicted octanol–water partition coefficient (Wildman–Crippen LogP) is 3.53. The van der Waals surface area contributed by atoms with Crippen molar-refractivity contribution in [2.24, 2.45) is 0 Å². The molecule has 6 nitrogen and oxygen atoms in total. The minimum Gasteiger partial charge on any atom is -0.478 e. The highest BCUT2D eigenvalue weighted by molar-refractivity contribution is 5.91. The van der Waals surface area contributed by atoms with Crippen LogP contribution in [0, 0.1) is 22.9 Å². The highest BCUT2D eigenvalue weighted by Gasteiger charge is 2.15. The van der Waals surface area contributed by atoms with Gasteiger partial charge in [-0.15, -0.1) is 0 Å². The Kier molecular flexibility index (Phi) is 3.84. The number of carboxylic acids is 1. The number of non-ortho nitro benzene ring substituents is 1. The summed E-state index contributed by atoms with van der Waals surface area (Å²) in [7, 11) is 0. The summed E-state index contributed by atoms with van der Waals surface area (Å²) in [5.74, 6) is -2.11. The number of hydrogen-bond donors (Lipinski definition) is 1. The molecule has 0 aliphatic carbocycles. The van der Waals surface area contributed by atoms with E-state index in [2.05, 4.69) is 0 Å². The fraction of sp³-hybridized carbons (Fsp3) is 0.0714. The first-order valence-corrected chi connectivity index (χ1v) is 5.83. The van der Waals surface area contributed by atoms with Gasteiger partial charge in [-0.2, -0.15) is 0 Å². The van der Waals surface area contributed by atoms with E-state index in [1.54, 1.807) is 6.92 Å². The van der Waals surface area contributed by atoms with Gasteiger partial charge < -0.3 is 9.84 Å². The van der Waals surface area contributed by atoms with Crippen LogP contribution >= 0.6 is 0 Å². The van der Waals surface area contributed by atoms with E-state index in [4.69, 9.17) is 9.84 Å². The maximum atomic E-state index is 13.2. The van der Waals surface area contributed by atoms with Crippen LogP contribution in [0.25, 0.3) is 0 Å². The largest absolute Gasteiger partial charge is 0.478 e. The van der Waals surface area contributed by atoms with Crippen molar-refractivity contribution in [3.63, 3.8) is 0 Å². The molecule has 1 N–H and O–H groups in total. The van der Waals surface area contributed by atoms with Crippen LogP contribution in [0.5, 0.6) is 11.5 Å². The van der Waals surface area contributed by atoms with Gasteiger partial charge in [0.05, 0.1) is 11.0 Å². The standard InChI is InChI=1S/C14H10FNO5/c1-8-4-10(16(19)20)7-11(5-8)21-13-6-9(15)2-3-12(13)14(17)18/h2-7H,1H3,(H,17,18). The number of halogens is 1. The second-order valence-electron chi connectivity index (χ2n) is 4.31. The summed E-state index contributed by atoms with van der Waals surface area (Å²) in [6, 6.07) is 6.95. The quantitative estimate of drug-likeness (QED) is 0.687. The molecule has 0 saturated carbocycles. The maximum Gasteiger partial charge on any atom is 0.339 e. The Labute approximate surface area is 118 Å². The lowest BCUT2D eigenvalue weighted by molar-refractivity contribution is -0.385. The van der Waals surface area contributed by atoms with Crippen LogP contribution in [-0.2, 0) is 0 Å². The normalized spacial score (nSPS) is 10.2. The van der Waals surface area contributed by atoms with Gasteiger partial charge in [-0.1, -0.05) is 0 Å². The Morgan fingerprint density at radius 1 is 1.29 bits per heavy atom. The molecule has 2 aromatic carbocycles. The fourth-order valence-corrected chi connectivity index (χ4v) is 1.78. The third-order valence-electron chi connectivity index (χ3n) is 2.65. The fourth-order valence-electron chi connectivity index (χ4n) is 1.78. The summed E-state index contributed by atoms with van der Waals surface area (Å²) in [6.45, 7) is 1.63. The number of rotatable bonds is 4. The van der Waals surface area contributed by atoms with Crippen molar-refractivity contribution in [2.75, 3.05) is 0 Å². The molecule has 0 amide bonds. The first-order valence-electron chi connectivity index (χ1n) is 5.83. The number of aromatic carboxylic acids is 1. The smallest absolute Gasteiger partial charge is 0.339 e. The zero-order chi connectivity index (χ0) is 15.6. The van der Waals surface area contributed by atoms with E-state index in [1.807, 2.05) is 0 Å². The van der Waals surface area contributed by atoms with Crippen LogP contribution in [0.4, 0.5) is 10.1 Å². The zero-order valence-electron chi connectivity index (χ0n) is 10.9. The number of carbonyl (C=O) groups is 1. The second-order valence-corrected chi connectivity index (χ2v) is 4.31. The number of aryl methyl sites for hydroxylation is 1. The number of benzene rings is 2. The number of nitrogens with zero attached hydrogens (tertiary/aromatic N) is 1. The number of carboxylic acid groups (broad SMARTS) is 1. The average molecular weight is 291 g/mol. The van der Waals surface area contributed by atoms with E-state index in [9.17, 15) is 19.3 Å². The van der Waals surface area contributed by atoms with Crippen molar-refractivity contribution < 1.29 is 24.0 Å². The zero-order valence-corrected chi connectivity index (χ0v) is 10.9. The van der Waals surface area contributed by atoms with Crippen molar-refractivity contribution >= 4 is 11.7 Å². The van der Waals surface area contributed by atoms with E-state index in [0.717, 1.165) is 24.3 Å². The van der Waals surface area contributed by atoms with Gasteiger partial charge in [0.1, 0.15) is 22.9 Å². The molecule has 0 aliphatic rings. The lowest BCUT2D eigenvalue weighted by Crippen LogP contribution is -2.01. The lowest BCUT2D eigenvalue weighted by Gasteiger charge is -2.09. The summed E-state index contributed by atoms with van der Waals surface area (Å²) in [5.41, 5.74) is 0.131. The average Bonchev–Trinajstić information content (AvgIpc) is 2.37. The molecule has 0 heterocycles. The van der Waals surface area contributed by atoms with E-state index in [-0.39, 0.29) is 22.7 Å². The molecule has 0 saturated heterocycles. The van der Waals surface area contributed by atoms with Crippen molar-refractivity contribution in [2.45, 2.75) is 6.92 Å². The maximum absolute atomic E-state index is 13.2. The highest BCUT2D eigenvalue weighted by Crippen LogP contribution is 2.30. The van der Waals surface area contributed by atoms with Crippen LogP contribution in [0.3, 0.4) is 0 Å². The number of ether oxygens (including phenoxy) is 1. The summed E-state index contributed by atoms with van der Waals surface area (Å²) in [6.07, 6.45) is 0. The molecule has 0 unspecified atom stereocenters. The minimum absolute atomic E-state index is 0.0646. The van der Waals surface area contributed by atoms with Crippen LogP contribution < -0.4 is 4.74 Å². The van der Waals surface area contributed by atoms with Crippen molar-refractivity contribution in [1.29, 1.82) is 0 Å². The second kappa shape index (κ2) is 5.58. The SMILES string of the molecule is Cc1cc(Oc2cc(F)ccc2C(=O)O)cc([N+](=O)[O-])c1. The van der Waals surface area contributed by atoms with Gasteiger partial charge in [0.25, 0.3) is 5.69 Å². The summed E-state index contributed by atoms with van der Waals surface area (Å²) >= 11 is 0. The molecule has 21 heavy (non-hydrogen) atoms. The topological polar surface area (TPSA) is 89.7 Å². The van der Waals surface area contributed by atoms with E-state index < -0.39 is 16.7 Å². The third-order valence-corrected chi connectivity index (χ3v) is 2.65. The van der Waals surface area contributed by atoms with Gasteiger partial charge in [0, 0.05) is 12.1 Å². The van der Waals surface area contributed by atoms with E-state index >= 15 is 0 Å². The Balaban J connectivity index is 2.45. The van der Waals surface area contributed by atoms with Gasteiger partial charge in [-0.05, 0) is 30.7 Å². The molecule has 2 rings (SSSR count). The van der Waals surface area contributed by atoms with Crippen LogP contribution in [0.1, 0.15) is 15.9 Å². The van der Waals surface area contributed by atoms with Gasteiger partial charge >= 0.3 is 5.97 Å². The molecule has 0 spiro atoms. The first-order chi connectivity index (χ1) is 9.86. The Morgan fingerprint density at radius 2 is 2.00 bits per heavy atom. The summed E-state index contributed by atoms with van der Waals surface area (Å²) in [5, 5.41) is 19.8. The molecular formula is C14H10FNO5. The number of nitro groups is 1. The van der Waals surface area contributed by atoms with E-state index in [1.165, 1.54) is 12.1 Å². The summed E-state index contributed by atoms with van der Waals surface area (Å²) in [4.78, 5) is 21.2. The molecule has 0 fully saturated rings. The van der Waals surface area contributed by atoms with Crippen molar-refractivity contribution in [3.8, 4) is 11.5 Å². The molecule has 0 radical (unpaired) electrons. The Morgan fingerprint density at radius 3 is 2.62 bits per heavy atom. The number of nitro benzene ring substituents is 1. The van der Waals surface area contributed by atoms with Crippen molar-refractivity contribution in [1.82, 2.24) is 0 Å². The molecule has 2 aromatic rings. The Bertz CT molecular complexity index is 729. The van der Waals surface area contributed by atoms with E-state index in [0.29, 0.717) is 5.56 Å². The minimum atomic E-state index is -1.29. The van der Waals surface area contributed by atoms with Crippen molar-refractivity contribution in [3.05, 3.63) is 63.5 Å². The highest BCUT2D eigenvalue weighted by atomic mass is 19.1. The lowest BCUT2D eigenvalue weighted by atomic mass is 10.2. The van der Waals surface area contributed by atoms with Gasteiger partial charge in [0.15, 0.2) is 0 Å². The van der Waals surface area contributed by atoms with Gasteiger partial charge in [-0.3, -0.25) is 10.1 Å². The molecule has 7 heteroatoms. The predicted molar refractivity (Wildman–Crippen MR) is 71.3 cm³/mol. The third kappa shape index (κ3) is 3.33. The van der Waals surface area contributed by atoms with Crippen LogP contribution in [0.2, 0.25) is 0 Å². The first kappa shape index (κ1) is 14.4. The molecule has 0 aliphatic heterocycles. The van der Waals surface area contributed by atoms with Crippen LogP contribution in [0.15, 0.2) is 36.4 Å². The van der Waals surface area contributed by atoms with Crippen LogP contribution in [-0.4, -0.2) is 16.0 Å². The molecule has 0 aromatic heterocycles. The van der Waals surface area contributed by atoms with Gasteiger partial charge in [0.2, 0.25) is 0 Å². The monoisotopic (exact) mass is 291 g/mol. The Hall–Kier alpha value is -2.96. The molecular weight excluding hydrogens is 281 g/mol. The molecule has 108 valence electrons. The molecule has 0 atom stereocenters. The summed E-state index contributed by atoms with van der Waals surface area (Å²) < 4.78 is 18.5.